The molecular formula is C30H37NO2Si. The molecule has 0 N–H and O–H groups in total. The van der Waals surface area contributed by atoms with Crippen molar-refractivity contribution in [2.45, 2.75) is 63.4 Å². The second-order valence-electron chi connectivity index (χ2n) is 10.8. The second kappa shape index (κ2) is 9.78. The predicted octanol–water partition coefficient (Wildman–Crippen LogP) is 5.00. The van der Waals surface area contributed by atoms with Gasteiger partial charge in [0, 0.05) is 31.7 Å². The van der Waals surface area contributed by atoms with Gasteiger partial charge in [0.25, 0.3) is 8.32 Å². The Morgan fingerprint density at radius 1 is 0.824 bits per heavy atom. The van der Waals surface area contributed by atoms with Crippen molar-refractivity contribution in [3.63, 3.8) is 0 Å². The molecule has 34 heavy (non-hydrogen) atoms. The van der Waals surface area contributed by atoms with Crippen LogP contribution < -0.4 is 10.4 Å². The van der Waals surface area contributed by atoms with Gasteiger partial charge in [-0.2, -0.15) is 0 Å². The van der Waals surface area contributed by atoms with Crippen LogP contribution in [0.4, 0.5) is 0 Å². The first-order valence-corrected chi connectivity index (χ1v) is 14.6. The summed E-state index contributed by atoms with van der Waals surface area (Å²) in [5, 5.41) is 2.70. The Bertz CT molecular complexity index is 1010. The van der Waals surface area contributed by atoms with Gasteiger partial charge < -0.3 is 9.16 Å². The number of rotatable bonds is 6. The molecule has 1 saturated heterocycles. The summed E-state index contributed by atoms with van der Waals surface area (Å²) in [5.74, 6) is 0. The normalized spacial score (nSPS) is 23.6. The van der Waals surface area contributed by atoms with Crippen LogP contribution in [0.1, 0.15) is 39.2 Å². The minimum Gasteiger partial charge on any atom is -0.404 e. The smallest absolute Gasteiger partial charge is 0.261 e. The van der Waals surface area contributed by atoms with E-state index in [1.807, 2.05) is 0 Å². The van der Waals surface area contributed by atoms with Gasteiger partial charge in [-0.15, -0.1) is 0 Å². The molecule has 3 aromatic carbocycles. The van der Waals surface area contributed by atoms with Crippen molar-refractivity contribution in [3.05, 3.63) is 96.6 Å². The summed E-state index contributed by atoms with van der Waals surface area (Å²) in [4.78, 5) is 2.62. The van der Waals surface area contributed by atoms with E-state index in [9.17, 15) is 0 Å². The van der Waals surface area contributed by atoms with E-state index < -0.39 is 8.32 Å². The predicted molar refractivity (Wildman–Crippen MR) is 142 cm³/mol. The van der Waals surface area contributed by atoms with Crippen molar-refractivity contribution < 1.29 is 9.16 Å². The molecule has 3 atom stereocenters. The summed E-state index contributed by atoms with van der Waals surface area (Å²) in [6, 6.07) is 33.2. The first-order valence-electron chi connectivity index (χ1n) is 12.7. The maximum atomic E-state index is 7.46. The number of benzene rings is 3. The lowest BCUT2D eigenvalue weighted by Crippen LogP contribution is -2.67. The molecule has 1 saturated carbocycles. The van der Waals surface area contributed by atoms with E-state index in [0.29, 0.717) is 6.04 Å². The van der Waals surface area contributed by atoms with E-state index in [1.165, 1.54) is 15.9 Å². The minimum absolute atomic E-state index is 0.00590. The molecule has 3 aromatic rings. The van der Waals surface area contributed by atoms with Crippen LogP contribution in [0.5, 0.6) is 0 Å². The van der Waals surface area contributed by atoms with E-state index in [0.717, 1.165) is 32.5 Å². The van der Waals surface area contributed by atoms with Crippen molar-refractivity contribution in [1.82, 2.24) is 4.90 Å². The molecule has 2 aliphatic rings. The zero-order chi connectivity index (χ0) is 23.6. The van der Waals surface area contributed by atoms with Crippen LogP contribution in [0.3, 0.4) is 0 Å². The van der Waals surface area contributed by atoms with Crippen molar-refractivity contribution in [3.8, 4) is 0 Å². The number of nitrogens with zero attached hydrogens (tertiary/aromatic N) is 1. The summed E-state index contributed by atoms with van der Waals surface area (Å²) in [6.45, 7) is 9.86. The van der Waals surface area contributed by atoms with Gasteiger partial charge in [0.05, 0.1) is 12.7 Å². The van der Waals surface area contributed by atoms with Gasteiger partial charge in [-0.1, -0.05) is 112 Å². The quantitative estimate of drug-likeness (QED) is 0.473. The zero-order valence-corrected chi connectivity index (χ0v) is 21.7. The summed E-state index contributed by atoms with van der Waals surface area (Å²) < 4.78 is 13.8. The molecule has 1 heterocycles. The third-order valence-electron chi connectivity index (χ3n) is 7.60. The largest absolute Gasteiger partial charge is 0.404 e. The molecule has 2 fully saturated rings. The molecule has 0 amide bonds. The Morgan fingerprint density at radius 2 is 1.38 bits per heavy atom. The van der Waals surface area contributed by atoms with Crippen LogP contribution >= 0.6 is 0 Å². The maximum Gasteiger partial charge on any atom is 0.261 e. The molecule has 4 heteroatoms. The van der Waals surface area contributed by atoms with Crippen LogP contribution in [-0.4, -0.2) is 44.6 Å². The van der Waals surface area contributed by atoms with Crippen LogP contribution in [0.2, 0.25) is 5.04 Å². The molecule has 5 rings (SSSR count). The molecule has 0 radical (unpaired) electrons. The highest BCUT2D eigenvalue weighted by Gasteiger charge is 2.53. The van der Waals surface area contributed by atoms with Gasteiger partial charge >= 0.3 is 0 Å². The third kappa shape index (κ3) is 4.52. The molecular weight excluding hydrogens is 434 g/mol. The fourth-order valence-electron chi connectivity index (χ4n) is 6.04. The van der Waals surface area contributed by atoms with Gasteiger partial charge in [-0.05, 0) is 27.4 Å². The van der Waals surface area contributed by atoms with Gasteiger partial charge in [-0.3, -0.25) is 4.90 Å². The fraction of sp³-hybridized carbons (Fsp3) is 0.400. The van der Waals surface area contributed by atoms with Crippen LogP contribution in [0, 0.1) is 0 Å². The van der Waals surface area contributed by atoms with Crippen LogP contribution in [-0.2, 0) is 15.7 Å². The molecule has 3 nitrogen and oxygen atoms in total. The van der Waals surface area contributed by atoms with Gasteiger partial charge in [0.15, 0.2) is 0 Å². The Labute approximate surface area is 205 Å². The number of fused-ring (bicyclic) bond motifs is 1. The monoisotopic (exact) mass is 471 g/mol. The zero-order valence-electron chi connectivity index (χ0n) is 20.7. The van der Waals surface area contributed by atoms with Crippen LogP contribution in [0.15, 0.2) is 91.0 Å². The lowest BCUT2D eigenvalue weighted by atomic mass is 10.1. The Hall–Kier alpha value is -2.24. The lowest BCUT2D eigenvalue weighted by Gasteiger charge is -2.44. The van der Waals surface area contributed by atoms with Crippen molar-refractivity contribution >= 4 is 18.7 Å². The highest BCUT2D eigenvalue weighted by atomic mass is 28.4. The summed E-state index contributed by atoms with van der Waals surface area (Å²) >= 11 is 0. The number of hydrogen-bond donors (Lipinski definition) is 0. The van der Waals surface area contributed by atoms with Gasteiger partial charge in [0.1, 0.15) is 0 Å². The van der Waals surface area contributed by atoms with E-state index in [-0.39, 0.29) is 17.2 Å². The molecule has 1 unspecified atom stereocenters. The molecule has 0 spiro atoms. The topological polar surface area (TPSA) is 21.7 Å². The lowest BCUT2D eigenvalue weighted by molar-refractivity contribution is -0.0591. The molecule has 178 valence electrons. The van der Waals surface area contributed by atoms with Crippen molar-refractivity contribution in [1.29, 1.82) is 0 Å². The number of hydrogen-bond acceptors (Lipinski definition) is 3. The molecule has 1 aliphatic carbocycles. The summed E-state index contributed by atoms with van der Waals surface area (Å²) in [5.41, 5.74) is 1.37. The average molecular weight is 472 g/mol. The van der Waals surface area contributed by atoms with E-state index in [4.69, 9.17) is 9.16 Å². The summed E-state index contributed by atoms with van der Waals surface area (Å²) in [6.07, 6.45) is 2.45. The standard InChI is InChI=1S/C30H37NO2Si/c1-30(2,3)34(26-15-9-5-10-16-26,27-17-11-6-12-18-27)33-25-21-28-29(22-25)32-20-19-31(28)23-24-13-7-4-8-14-24/h4-18,25,28-29H,19-23H2,1-3H3/t25?,28-,29-/m0/s1. The molecule has 1 aliphatic heterocycles. The van der Waals surface area contributed by atoms with E-state index in [2.05, 4.69) is 117 Å². The minimum atomic E-state index is -2.55. The Kier molecular flexibility index (Phi) is 6.76. The molecule has 0 bridgehead atoms. The van der Waals surface area contributed by atoms with E-state index in [1.54, 1.807) is 0 Å². The first-order chi connectivity index (χ1) is 16.5. The van der Waals surface area contributed by atoms with E-state index >= 15 is 0 Å². The Morgan fingerprint density at radius 3 is 1.94 bits per heavy atom. The number of ether oxygens (including phenoxy) is 1. The fourth-order valence-corrected chi connectivity index (χ4v) is 10.7. The van der Waals surface area contributed by atoms with Crippen LogP contribution in [0.25, 0.3) is 0 Å². The highest BCUT2D eigenvalue weighted by molar-refractivity contribution is 6.99. The second-order valence-corrected chi connectivity index (χ2v) is 15.1. The molecule has 0 aromatic heterocycles. The van der Waals surface area contributed by atoms with Gasteiger partial charge in [0.2, 0.25) is 0 Å². The highest BCUT2D eigenvalue weighted by Crippen LogP contribution is 2.41. The summed E-state index contributed by atoms with van der Waals surface area (Å²) in [7, 11) is -2.55. The third-order valence-corrected chi connectivity index (χ3v) is 12.7. The number of morpholine rings is 1. The van der Waals surface area contributed by atoms with Crippen molar-refractivity contribution in [2.24, 2.45) is 0 Å². The van der Waals surface area contributed by atoms with Gasteiger partial charge in [-0.25, -0.2) is 0 Å². The SMILES string of the molecule is CC(C)(C)[Si](OC1C[C@@H]2OCCN(Cc3ccccc3)[C@H]2C1)(c1ccccc1)c1ccccc1. The van der Waals surface area contributed by atoms with Crippen molar-refractivity contribution in [2.75, 3.05) is 13.2 Å². The average Bonchev–Trinajstić information content (AvgIpc) is 3.27. The Balaban J connectivity index is 1.46. The first kappa shape index (κ1) is 23.5. The maximum absolute atomic E-state index is 7.46.